The first-order valence-electron chi connectivity index (χ1n) is 14.8. The van der Waals surface area contributed by atoms with Gasteiger partial charge in [0.15, 0.2) is 0 Å². The summed E-state index contributed by atoms with van der Waals surface area (Å²) in [6, 6.07) is 23.8. The van der Waals surface area contributed by atoms with E-state index in [0.29, 0.717) is 11.3 Å². The third-order valence-electron chi connectivity index (χ3n) is 7.13. The predicted molar refractivity (Wildman–Crippen MR) is 174 cm³/mol. The number of amides is 3. The van der Waals surface area contributed by atoms with Crippen molar-refractivity contribution in [2.75, 3.05) is 11.9 Å². The number of anilines is 1. The van der Waals surface area contributed by atoms with Crippen molar-refractivity contribution >= 4 is 34.4 Å². The van der Waals surface area contributed by atoms with Gasteiger partial charge in [0.25, 0.3) is 5.91 Å². The van der Waals surface area contributed by atoms with Crippen molar-refractivity contribution < 1.29 is 24.2 Å². The van der Waals surface area contributed by atoms with Crippen molar-refractivity contribution in [3.05, 3.63) is 107 Å². The summed E-state index contributed by atoms with van der Waals surface area (Å²) in [6.45, 7) is 11.1. The molecular weight excluding hydrogens is 554 g/mol. The zero-order valence-electron chi connectivity index (χ0n) is 26.2. The summed E-state index contributed by atoms with van der Waals surface area (Å²) in [5.74, 6) is -0.724. The molecule has 0 saturated carbocycles. The Morgan fingerprint density at radius 2 is 1.50 bits per heavy atom. The zero-order chi connectivity index (χ0) is 32.0. The second-order valence-corrected chi connectivity index (χ2v) is 12.1. The molecule has 3 amide bonds. The number of nitrogens with one attached hydrogen (secondary N) is 2. The van der Waals surface area contributed by atoms with Crippen molar-refractivity contribution in [1.82, 2.24) is 10.2 Å². The number of ether oxygens (including phenoxy) is 1. The molecule has 230 valence electrons. The Balaban J connectivity index is 1.72. The molecule has 0 aliphatic carbocycles. The molecular formula is C36H41N3O5. The number of benzene rings is 4. The van der Waals surface area contributed by atoms with Crippen LogP contribution in [0, 0.1) is 13.8 Å². The van der Waals surface area contributed by atoms with Crippen LogP contribution in [-0.2, 0) is 20.7 Å². The van der Waals surface area contributed by atoms with Gasteiger partial charge in [0.05, 0.1) is 0 Å². The first-order valence-corrected chi connectivity index (χ1v) is 14.8. The lowest BCUT2D eigenvalue weighted by molar-refractivity contribution is -0.140. The second kappa shape index (κ2) is 13.6. The number of likely N-dealkylation sites (N-methyl/N-ethyl adjacent to an activating group) is 1. The highest BCUT2D eigenvalue weighted by Crippen LogP contribution is 2.28. The molecule has 8 heteroatoms. The van der Waals surface area contributed by atoms with Gasteiger partial charge in [-0.05, 0) is 87.7 Å². The highest BCUT2D eigenvalue weighted by Gasteiger charge is 2.36. The lowest BCUT2D eigenvalue weighted by atomic mass is 9.97. The Morgan fingerprint density at radius 3 is 2.11 bits per heavy atom. The second-order valence-electron chi connectivity index (χ2n) is 12.1. The van der Waals surface area contributed by atoms with Gasteiger partial charge in [-0.25, -0.2) is 4.79 Å². The van der Waals surface area contributed by atoms with E-state index in [-0.39, 0.29) is 24.6 Å². The predicted octanol–water partition coefficient (Wildman–Crippen LogP) is 6.83. The molecule has 2 unspecified atom stereocenters. The Bertz CT molecular complexity index is 1620. The molecule has 0 spiro atoms. The maximum Gasteiger partial charge on any atom is 0.408 e. The number of nitrogens with zero attached hydrogens (tertiary/aromatic N) is 1. The molecule has 0 bridgehead atoms. The summed E-state index contributed by atoms with van der Waals surface area (Å²) in [5.41, 5.74) is 3.13. The topological polar surface area (TPSA) is 108 Å². The summed E-state index contributed by atoms with van der Waals surface area (Å²) < 4.78 is 5.49. The number of aromatic hydroxyl groups is 1. The molecule has 0 fully saturated rings. The highest BCUT2D eigenvalue weighted by atomic mass is 16.6. The molecule has 44 heavy (non-hydrogen) atoms. The number of phenols is 1. The summed E-state index contributed by atoms with van der Waals surface area (Å²) in [7, 11) is 0. The number of carbonyl (C=O) groups excluding carboxylic acids is 3. The number of rotatable bonds is 9. The molecule has 8 nitrogen and oxygen atoms in total. The van der Waals surface area contributed by atoms with Gasteiger partial charge in [0, 0.05) is 18.7 Å². The van der Waals surface area contributed by atoms with Gasteiger partial charge in [-0.3, -0.25) is 9.59 Å². The van der Waals surface area contributed by atoms with Gasteiger partial charge in [-0.1, -0.05) is 71.8 Å². The monoisotopic (exact) mass is 595 g/mol. The van der Waals surface area contributed by atoms with Crippen LogP contribution in [0.1, 0.15) is 56.0 Å². The van der Waals surface area contributed by atoms with Gasteiger partial charge >= 0.3 is 6.09 Å². The van der Waals surface area contributed by atoms with Gasteiger partial charge < -0.3 is 25.4 Å². The molecule has 4 aromatic rings. The minimum Gasteiger partial charge on any atom is -0.508 e. The van der Waals surface area contributed by atoms with E-state index in [4.69, 9.17) is 4.74 Å². The lowest BCUT2D eigenvalue weighted by Crippen LogP contribution is -2.53. The van der Waals surface area contributed by atoms with E-state index < -0.39 is 29.7 Å². The molecule has 0 radical (unpaired) electrons. The number of aryl methyl sites for hydroxylation is 2. The molecule has 0 aliphatic rings. The van der Waals surface area contributed by atoms with Crippen LogP contribution in [0.2, 0.25) is 0 Å². The number of alkyl carbamates (subject to hydrolysis) is 1. The molecule has 4 aromatic carbocycles. The maximum atomic E-state index is 14.4. The number of phenolic OH excluding ortho intramolecular Hbond substituents is 1. The summed E-state index contributed by atoms with van der Waals surface area (Å²) in [6.07, 6.45) is -0.616. The molecule has 0 aromatic heterocycles. The average Bonchev–Trinajstić information content (AvgIpc) is 2.94. The Labute approximate surface area is 259 Å². The lowest BCUT2D eigenvalue weighted by Gasteiger charge is -2.34. The summed E-state index contributed by atoms with van der Waals surface area (Å²) in [5, 5.41) is 17.6. The minimum absolute atomic E-state index is 0.0900. The minimum atomic E-state index is -1.05. The van der Waals surface area contributed by atoms with E-state index in [2.05, 4.69) is 10.6 Å². The van der Waals surface area contributed by atoms with E-state index in [1.165, 1.54) is 17.0 Å². The fourth-order valence-electron chi connectivity index (χ4n) is 5.30. The fraction of sp³-hybridized carbons (Fsp3) is 0.306. The van der Waals surface area contributed by atoms with Crippen LogP contribution >= 0.6 is 0 Å². The normalized spacial score (nSPS) is 12.7. The Morgan fingerprint density at radius 1 is 0.864 bits per heavy atom. The van der Waals surface area contributed by atoms with Gasteiger partial charge in [0.1, 0.15) is 23.4 Å². The summed E-state index contributed by atoms with van der Waals surface area (Å²) in [4.78, 5) is 43.0. The molecule has 2 atom stereocenters. The third kappa shape index (κ3) is 8.37. The van der Waals surface area contributed by atoms with Crippen molar-refractivity contribution in [3.63, 3.8) is 0 Å². The molecule has 0 heterocycles. The van der Waals surface area contributed by atoms with Crippen LogP contribution in [0.4, 0.5) is 10.5 Å². The highest BCUT2D eigenvalue weighted by molar-refractivity contribution is 6.00. The number of carbonyl (C=O) groups is 3. The van der Waals surface area contributed by atoms with Crippen LogP contribution in [0.5, 0.6) is 5.75 Å². The van der Waals surface area contributed by atoms with E-state index in [9.17, 15) is 19.5 Å². The standard InChI is InChI=1S/C36H41N3O5/c1-7-39(34(42)31(38-35(43)44-36(4,5)6)21-25-12-16-30(40)17-13-25)32(28-19-23(2)18-24(3)20-28)33(41)37-29-15-14-26-10-8-9-11-27(26)22-29/h8-20,22,31-32,40H,7,21H2,1-6H3,(H,37,41)(H,38,43). The molecule has 3 N–H and O–H groups in total. The first kappa shape index (κ1) is 32.1. The fourth-order valence-corrected chi connectivity index (χ4v) is 5.30. The SMILES string of the molecule is CCN(C(=O)C(Cc1ccc(O)cc1)NC(=O)OC(C)(C)C)C(C(=O)Nc1ccc2ccccc2c1)c1cc(C)cc(C)c1. The van der Waals surface area contributed by atoms with Crippen molar-refractivity contribution in [2.45, 2.75) is 65.6 Å². The average molecular weight is 596 g/mol. The van der Waals surface area contributed by atoms with Gasteiger partial charge in [-0.15, -0.1) is 0 Å². The van der Waals surface area contributed by atoms with E-state index in [1.807, 2.05) is 81.4 Å². The third-order valence-corrected chi connectivity index (χ3v) is 7.13. The summed E-state index contributed by atoms with van der Waals surface area (Å²) >= 11 is 0. The van der Waals surface area contributed by atoms with Crippen molar-refractivity contribution in [1.29, 1.82) is 0 Å². The molecule has 4 rings (SSSR count). The zero-order valence-corrected chi connectivity index (χ0v) is 26.2. The maximum absolute atomic E-state index is 14.4. The smallest absolute Gasteiger partial charge is 0.408 e. The van der Waals surface area contributed by atoms with E-state index in [1.54, 1.807) is 32.9 Å². The number of fused-ring (bicyclic) bond motifs is 1. The van der Waals surface area contributed by atoms with Gasteiger partial charge in [0.2, 0.25) is 5.91 Å². The first-order chi connectivity index (χ1) is 20.8. The van der Waals surface area contributed by atoms with E-state index in [0.717, 1.165) is 27.5 Å². The van der Waals surface area contributed by atoms with Crippen LogP contribution in [-0.4, -0.2) is 46.1 Å². The largest absolute Gasteiger partial charge is 0.508 e. The number of hydrogen-bond acceptors (Lipinski definition) is 5. The number of hydrogen-bond donors (Lipinski definition) is 3. The van der Waals surface area contributed by atoms with Crippen LogP contribution in [0.15, 0.2) is 84.9 Å². The van der Waals surface area contributed by atoms with Gasteiger partial charge in [-0.2, -0.15) is 0 Å². The Kier molecular flexibility index (Phi) is 9.94. The van der Waals surface area contributed by atoms with Crippen LogP contribution in [0.3, 0.4) is 0 Å². The quantitative estimate of drug-likeness (QED) is 0.197. The van der Waals surface area contributed by atoms with Crippen LogP contribution < -0.4 is 10.6 Å². The Hall–Kier alpha value is -4.85. The van der Waals surface area contributed by atoms with Crippen molar-refractivity contribution in [2.24, 2.45) is 0 Å². The molecule has 0 saturated heterocycles. The van der Waals surface area contributed by atoms with Crippen LogP contribution in [0.25, 0.3) is 10.8 Å². The van der Waals surface area contributed by atoms with Crippen molar-refractivity contribution in [3.8, 4) is 5.75 Å². The molecule has 0 aliphatic heterocycles. The van der Waals surface area contributed by atoms with E-state index >= 15 is 0 Å².